The second-order valence-corrected chi connectivity index (χ2v) is 4.09. The summed E-state index contributed by atoms with van der Waals surface area (Å²) in [6.45, 7) is 6.92. The van der Waals surface area contributed by atoms with Crippen molar-refractivity contribution in [2.24, 2.45) is 5.92 Å². The fourth-order valence-corrected chi connectivity index (χ4v) is 2.00. The molecule has 1 nitrogen and oxygen atoms in total. The molecule has 0 aliphatic carbocycles. The maximum absolute atomic E-state index is 2.38. The van der Waals surface area contributed by atoms with Crippen LogP contribution in [0.15, 0.2) is 0 Å². The Hall–Kier alpha value is -0.0400. The van der Waals surface area contributed by atoms with Gasteiger partial charge in [-0.05, 0) is 32.9 Å². The summed E-state index contributed by atoms with van der Waals surface area (Å²) < 4.78 is 0. The molecule has 0 aliphatic rings. The molecule has 0 N–H and O–H groups in total. The Morgan fingerprint density at radius 3 is 1.83 bits per heavy atom. The molecular weight excluding hydrogens is 146 g/mol. The Morgan fingerprint density at radius 2 is 1.50 bits per heavy atom. The lowest BCUT2D eigenvalue weighted by atomic mass is 9.93. The largest absolute Gasteiger partial charge is 0.306 e. The topological polar surface area (TPSA) is 3.24 Å². The Kier molecular flexibility index (Phi) is 6.45. The van der Waals surface area contributed by atoms with Crippen LogP contribution in [0.2, 0.25) is 0 Å². The van der Waals surface area contributed by atoms with Crippen LogP contribution in [0.25, 0.3) is 0 Å². The molecule has 0 aromatic carbocycles. The van der Waals surface area contributed by atoms with E-state index in [-0.39, 0.29) is 0 Å². The number of nitrogens with zero attached hydrogens (tertiary/aromatic N) is 1. The summed E-state index contributed by atoms with van der Waals surface area (Å²) in [5, 5.41) is 0. The van der Waals surface area contributed by atoms with Gasteiger partial charge in [-0.15, -0.1) is 0 Å². The summed E-state index contributed by atoms with van der Waals surface area (Å²) in [6, 6.07) is 0.787. The van der Waals surface area contributed by atoms with Crippen LogP contribution < -0.4 is 0 Å². The number of hydrogen-bond acceptors (Lipinski definition) is 1. The molecule has 74 valence electrons. The van der Waals surface area contributed by atoms with Crippen molar-refractivity contribution in [1.29, 1.82) is 0 Å². The Balaban J connectivity index is 3.90. The van der Waals surface area contributed by atoms with Gasteiger partial charge in [0.05, 0.1) is 0 Å². The van der Waals surface area contributed by atoms with Crippen molar-refractivity contribution in [3.05, 3.63) is 0 Å². The highest BCUT2D eigenvalue weighted by Crippen LogP contribution is 2.18. The van der Waals surface area contributed by atoms with Gasteiger partial charge in [-0.2, -0.15) is 0 Å². The van der Waals surface area contributed by atoms with E-state index in [9.17, 15) is 0 Å². The van der Waals surface area contributed by atoms with Crippen LogP contribution in [-0.2, 0) is 0 Å². The SMILES string of the molecule is CCCC(C)C(CCC)N(C)C. The molecular formula is C11H25N. The molecule has 0 saturated carbocycles. The minimum absolute atomic E-state index is 0.787. The van der Waals surface area contributed by atoms with Gasteiger partial charge in [-0.3, -0.25) is 0 Å². The molecule has 0 heterocycles. The normalized spacial score (nSPS) is 16.5. The summed E-state index contributed by atoms with van der Waals surface area (Å²) in [5.41, 5.74) is 0. The zero-order chi connectivity index (χ0) is 9.56. The molecule has 0 aromatic rings. The molecule has 0 spiro atoms. The first-order valence-corrected chi connectivity index (χ1v) is 5.29. The second-order valence-electron chi connectivity index (χ2n) is 4.09. The summed E-state index contributed by atoms with van der Waals surface area (Å²) in [7, 11) is 4.40. The van der Waals surface area contributed by atoms with Crippen LogP contribution in [0.3, 0.4) is 0 Å². The van der Waals surface area contributed by atoms with Crippen molar-refractivity contribution < 1.29 is 0 Å². The number of rotatable bonds is 6. The average Bonchev–Trinajstić information content (AvgIpc) is 1.99. The van der Waals surface area contributed by atoms with Gasteiger partial charge in [0.1, 0.15) is 0 Å². The third-order valence-corrected chi connectivity index (χ3v) is 2.65. The molecule has 0 fully saturated rings. The van der Waals surface area contributed by atoms with Crippen LogP contribution in [0.5, 0.6) is 0 Å². The van der Waals surface area contributed by atoms with Crippen LogP contribution in [0.1, 0.15) is 46.5 Å². The van der Waals surface area contributed by atoms with Gasteiger partial charge in [0.15, 0.2) is 0 Å². The molecule has 1 heteroatoms. The summed E-state index contributed by atoms with van der Waals surface area (Å²) in [4.78, 5) is 2.38. The van der Waals surface area contributed by atoms with Crippen molar-refractivity contribution in [1.82, 2.24) is 4.90 Å². The van der Waals surface area contributed by atoms with E-state index in [4.69, 9.17) is 0 Å². The Bertz CT molecular complexity index is 99.2. The quantitative estimate of drug-likeness (QED) is 0.593. The third kappa shape index (κ3) is 4.10. The van der Waals surface area contributed by atoms with E-state index in [0.717, 1.165) is 12.0 Å². The smallest absolute Gasteiger partial charge is 0.0115 e. The van der Waals surface area contributed by atoms with Crippen molar-refractivity contribution in [3.63, 3.8) is 0 Å². The molecule has 0 amide bonds. The molecule has 0 bridgehead atoms. The fourth-order valence-electron chi connectivity index (χ4n) is 2.00. The first-order chi connectivity index (χ1) is 5.63. The summed E-state index contributed by atoms with van der Waals surface area (Å²) in [5.74, 6) is 0.852. The van der Waals surface area contributed by atoms with E-state index in [2.05, 4.69) is 39.8 Å². The molecule has 12 heavy (non-hydrogen) atoms. The van der Waals surface area contributed by atoms with E-state index >= 15 is 0 Å². The second kappa shape index (κ2) is 6.47. The first-order valence-electron chi connectivity index (χ1n) is 5.29. The van der Waals surface area contributed by atoms with E-state index in [1.54, 1.807) is 0 Å². The van der Waals surface area contributed by atoms with E-state index in [1.165, 1.54) is 25.7 Å². The Labute approximate surface area is 78.1 Å². The molecule has 0 aliphatic heterocycles. The lowest BCUT2D eigenvalue weighted by molar-refractivity contribution is 0.198. The molecule has 2 unspecified atom stereocenters. The molecule has 0 saturated heterocycles. The lowest BCUT2D eigenvalue weighted by Gasteiger charge is -2.29. The van der Waals surface area contributed by atoms with E-state index in [1.807, 2.05) is 0 Å². The summed E-state index contributed by atoms with van der Waals surface area (Å²) >= 11 is 0. The average molecular weight is 171 g/mol. The van der Waals surface area contributed by atoms with Gasteiger partial charge in [-0.25, -0.2) is 0 Å². The van der Waals surface area contributed by atoms with Gasteiger partial charge < -0.3 is 4.90 Å². The molecule has 0 rings (SSSR count). The highest BCUT2D eigenvalue weighted by molar-refractivity contribution is 4.71. The van der Waals surface area contributed by atoms with E-state index < -0.39 is 0 Å². The van der Waals surface area contributed by atoms with Crippen molar-refractivity contribution in [3.8, 4) is 0 Å². The lowest BCUT2D eigenvalue weighted by Crippen LogP contribution is -2.33. The van der Waals surface area contributed by atoms with Gasteiger partial charge >= 0.3 is 0 Å². The zero-order valence-electron chi connectivity index (χ0n) is 9.43. The minimum atomic E-state index is 0.787. The van der Waals surface area contributed by atoms with E-state index in [0.29, 0.717) is 0 Å². The monoisotopic (exact) mass is 171 g/mol. The molecule has 0 radical (unpaired) electrons. The van der Waals surface area contributed by atoms with Crippen LogP contribution >= 0.6 is 0 Å². The highest BCUT2D eigenvalue weighted by atomic mass is 15.1. The van der Waals surface area contributed by atoms with Gasteiger partial charge in [0.2, 0.25) is 0 Å². The van der Waals surface area contributed by atoms with Crippen LogP contribution in [0, 0.1) is 5.92 Å². The summed E-state index contributed by atoms with van der Waals surface area (Å²) in [6.07, 6.45) is 5.32. The standard InChI is InChI=1S/C11H25N/c1-6-8-10(3)11(9-7-2)12(4)5/h10-11H,6-9H2,1-5H3. The predicted octanol–water partition coefficient (Wildman–Crippen LogP) is 3.15. The highest BCUT2D eigenvalue weighted by Gasteiger charge is 2.16. The molecule has 2 atom stereocenters. The zero-order valence-corrected chi connectivity index (χ0v) is 9.43. The minimum Gasteiger partial charge on any atom is -0.306 e. The Morgan fingerprint density at radius 1 is 1.00 bits per heavy atom. The number of hydrogen-bond donors (Lipinski definition) is 0. The van der Waals surface area contributed by atoms with Crippen LogP contribution in [0.4, 0.5) is 0 Å². The van der Waals surface area contributed by atoms with Gasteiger partial charge in [0.25, 0.3) is 0 Å². The van der Waals surface area contributed by atoms with Crippen molar-refractivity contribution >= 4 is 0 Å². The van der Waals surface area contributed by atoms with Crippen LogP contribution in [-0.4, -0.2) is 25.0 Å². The maximum Gasteiger partial charge on any atom is 0.0115 e. The maximum atomic E-state index is 2.38. The fraction of sp³-hybridized carbons (Fsp3) is 1.00. The van der Waals surface area contributed by atoms with Crippen molar-refractivity contribution in [2.75, 3.05) is 14.1 Å². The molecule has 0 aromatic heterocycles. The third-order valence-electron chi connectivity index (χ3n) is 2.65. The van der Waals surface area contributed by atoms with Crippen molar-refractivity contribution in [2.45, 2.75) is 52.5 Å². The van der Waals surface area contributed by atoms with Gasteiger partial charge in [-0.1, -0.05) is 33.6 Å². The van der Waals surface area contributed by atoms with Gasteiger partial charge in [0, 0.05) is 6.04 Å². The predicted molar refractivity (Wildman–Crippen MR) is 56.5 cm³/mol. The first kappa shape index (κ1) is 12.0.